The molecular formula is C15H3F9. The fraction of sp³-hybridized carbons (Fsp3) is 0.0667. The predicted molar refractivity (Wildman–Crippen MR) is 65.8 cm³/mol. The van der Waals surface area contributed by atoms with Crippen LogP contribution >= 0.6 is 0 Å². The van der Waals surface area contributed by atoms with Crippen LogP contribution in [0.4, 0.5) is 39.5 Å². The van der Waals surface area contributed by atoms with Gasteiger partial charge in [0.2, 0.25) is 0 Å². The van der Waals surface area contributed by atoms with Crippen LogP contribution in [-0.4, -0.2) is 0 Å². The second-order valence-electron chi connectivity index (χ2n) is 4.95. The SMILES string of the molecule is Cc1c(F)c(F)c2c(F)c3c(F)c(F)c(F)c(F)c3c(F)c2c1F. The molecule has 0 amide bonds. The van der Waals surface area contributed by atoms with E-state index in [4.69, 9.17) is 0 Å². The van der Waals surface area contributed by atoms with Crippen molar-refractivity contribution in [3.8, 4) is 0 Å². The first-order chi connectivity index (χ1) is 11.1. The lowest BCUT2D eigenvalue weighted by Crippen LogP contribution is -2.07. The summed E-state index contributed by atoms with van der Waals surface area (Å²) in [5, 5.41) is -6.76. The van der Waals surface area contributed by atoms with Gasteiger partial charge in [0.05, 0.1) is 21.5 Å². The zero-order valence-electron chi connectivity index (χ0n) is 11.4. The van der Waals surface area contributed by atoms with Crippen LogP contribution in [0.2, 0.25) is 0 Å². The Balaban J connectivity index is 2.82. The summed E-state index contributed by atoms with van der Waals surface area (Å²) in [6.07, 6.45) is 0. The van der Waals surface area contributed by atoms with Gasteiger partial charge in [-0.15, -0.1) is 0 Å². The van der Waals surface area contributed by atoms with Gasteiger partial charge in [-0.3, -0.25) is 0 Å². The van der Waals surface area contributed by atoms with Crippen LogP contribution in [-0.2, 0) is 0 Å². The molecule has 0 bridgehead atoms. The van der Waals surface area contributed by atoms with Gasteiger partial charge in [0.25, 0.3) is 0 Å². The van der Waals surface area contributed by atoms with Crippen LogP contribution in [0.1, 0.15) is 5.56 Å². The van der Waals surface area contributed by atoms with Crippen molar-refractivity contribution in [2.45, 2.75) is 6.92 Å². The maximum atomic E-state index is 14.4. The maximum absolute atomic E-state index is 14.4. The van der Waals surface area contributed by atoms with E-state index in [0.29, 0.717) is 6.92 Å². The molecule has 0 aliphatic heterocycles. The summed E-state index contributed by atoms with van der Waals surface area (Å²) in [4.78, 5) is 0. The van der Waals surface area contributed by atoms with E-state index in [1.807, 2.05) is 0 Å². The van der Waals surface area contributed by atoms with Crippen LogP contribution < -0.4 is 0 Å². The second kappa shape index (κ2) is 5.02. The fourth-order valence-corrected chi connectivity index (χ4v) is 2.48. The van der Waals surface area contributed by atoms with Gasteiger partial charge >= 0.3 is 0 Å². The van der Waals surface area contributed by atoms with Crippen LogP contribution in [0.25, 0.3) is 21.5 Å². The average molecular weight is 354 g/mol. The van der Waals surface area contributed by atoms with Crippen LogP contribution in [0, 0.1) is 59.3 Å². The minimum Gasteiger partial charge on any atom is -0.206 e. The molecule has 0 saturated heterocycles. The summed E-state index contributed by atoms with van der Waals surface area (Å²) in [6.45, 7) is 0.691. The Labute approximate surface area is 127 Å². The summed E-state index contributed by atoms with van der Waals surface area (Å²) < 4.78 is 124. The molecule has 3 aromatic carbocycles. The molecule has 126 valence electrons. The highest BCUT2D eigenvalue weighted by Gasteiger charge is 2.31. The van der Waals surface area contributed by atoms with E-state index in [2.05, 4.69) is 0 Å². The Kier molecular flexibility index (Phi) is 3.43. The molecule has 3 aromatic rings. The van der Waals surface area contributed by atoms with E-state index in [1.165, 1.54) is 0 Å². The first-order valence-electron chi connectivity index (χ1n) is 6.20. The topological polar surface area (TPSA) is 0 Å². The number of hydrogen-bond donors (Lipinski definition) is 0. The quantitative estimate of drug-likeness (QED) is 0.215. The number of hydrogen-bond acceptors (Lipinski definition) is 0. The molecule has 0 nitrogen and oxygen atoms in total. The van der Waals surface area contributed by atoms with E-state index in [0.717, 1.165) is 0 Å². The third-order valence-corrected chi connectivity index (χ3v) is 3.69. The Morgan fingerprint density at radius 2 is 0.625 bits per heavy atom. The van der Waals surface area contributed by atoms with Crippen LogP contribution in [0.5, 0.6) is 0 Å². The van der Waals surface area contributed by atoms with Gasteiger partial charge < -0.3 is 0 Å². The Morgan fingerprint density at radius 3 is 1.00 bits per heavy atom. The Bertz CT molecular complexity index is 888. The van der Waals surface area contributed by atoms with Crippen molar-refractivity contribution in [1.82, 2.24) is 0 Å². The lowest BCUT2D eigenvalue weighted by atomic mass is 9.97. The molecule has 0 saturated carbocycles. The first kappa shape index (κ1) is 16.4. The van der Waals surface area contributed by atoms with Crippen molar-refractivity contribution in [2.24, 2.45) is 0 Å². The van der Waals surface area contributed by atoms with Crippen LogP contribution in [0.3, 0.4) is 0 Å². The second-order valence-corrected chi connectivity index (χ2v) is 4.95. The monoisotopic (exact) mass is 354 g/mol. The van der Waals surface area contributed by atoms with E-state index in [9.17, 15) is 39.5 Å². The summed E-state index contributed by atoms with van der Waals surface area (Å²) in [7, 11) is 0. The Hall–Kier alpha value is -2.45. The van der Waals surface area contributed by atoms with Gasteiger partial charge in [0.15, 0.2) is 34.9 Å². The zero-order chi connectivity index (χ0) is 18.1. The number of fused-ring (bicyclic) bond motifs is 2. The molecule has 0 N–H and O–H groups in total. The van der Waals surface area contributed by atoms with E-state index < -0.39 is 79.5 Å². The minimum absolute atomic E-state index is 0.691. The molecule has 0 heterocycles. The molecule has 0 unspecified atom stereocenters. The lowest BCUT2D eigenvalue weighted by molar-refractivity contribution is 0.414. The molecule has 0 aliphatic rings. The molecule has 0 atom stereocenters. The van der Waals surface area contributed by atoms with Crippen molar-refractivity contribution in [2.75, 3.05) is 0 Å². The minimum atomic E-state index is -2.48. The zero-order valence-corrected chi connectivity index (χ0v) is 11.4. The van der Waals surface area contributed by atoms with E-state index >= 15 is 0 Å². The molecular weight excluding hydrogens is 351 g/mol. The normalized spacial score (nSPS) is 11.8. The first-order valence-corrected chi connectivity index (χ1v) is 6.20. The van der Waals surface area contributed by atoms with Gasteiger partial charge in [0, 0.05) is 5.56 Å². The number of benzene rings is 3. The average Bonchev–Trinajstić information content (AvgIpc) is 2.55. The molecule has 0 aromatic heterocycles. The standard InChI is InChI=1S/C15H3F9/c1-2-7(16)3-4(11(20)8(2)17)10(19)6-5(9(3)18)12(21)14(23)15(24)13(6)22/h1H3. The molecule has 0 radical (unpaired) electrons. The van der Waals surface area contributed by atoms with Crippen molar-refractivity contribution in [3.63, 3.8) is 0 Å². The summed E-state index contributed by atoms with van der Waals surface area (Å²) in [5.41, 5.74) is -1.05. The molecule has 0 aliphatic carbocycles. The highest BCUT2D eigenvalue weighted by molar-refractivity contribution is 6.01. The molecule has 0 spiro atoms. The van der Waals surface area contributed by atoms with Gasteiger partial charge in [-0.05, 0) is 6.92 Å². The summed E-state index contributed by atoms with van der Waals surface area (Å²) >= 11 is 0. The highest BCUT2D eigenvalue weighted by atomic mass is 19.2. The van der Waals surface area contributed by atoms with E-state index in [-0.39, 0.29) is 0 Å². The maximum Gasteiger partial charge on any atom is 0.198 e. The van der Waals surface area contributed by atoms with Gasteiger partial charge in [-0.2, -0.15) is 0 Å². The van der Waals surface area contributed by atoms with Crippen molar-refractivity contribution in [3.05, 3.63) is 57.9 Å². The number of halogens is 9. The van der Waals surface area contributed by atoms with Crippen molar-refractivity contribution >= 4 is 21.5 Å². The molecule has 9 heteroatoms. The van der Waals surface area contributed by atoms with Gasteiger partial charge in [-0.25, -0.2) is 39.5 Å². The van der Waals surface area contributed by atoms with Crippen LogP contribution in [0.15, 0.2) is 0 Å². The molecule has 24 heavy (non-hydrogen) atoms. The number of rotatable bonds is 0. The predicted octanol–water partition coefficient (Wildman–Crippen LogP) is 5.55. The molecule has 3 rings (SSSR count). The van der Waals surface area contributed by atoms with Crippen molar-refractivity contribution < 1.29 is 39.5 Å². The van der Waals surface area contributed by atoms with Crippen molar-refractivity contribution in [1.29, 1.82) is 0 Å². The third kappa shape index (κ3) is 1.78. The largest absolute Gasteiger partial charge is 0.206 e. The lowest BCUT2D eigenvalue weighted by Gasteiger charge is -2.13. The summed E-state index contributed by atoms with van der Waals surface area (Å²) in [6, 6.07) is 0. The van der Waals surface area contributed by atoms with E-state index in [1.54, 1.807) is 0 Å². The fourth-order valence-electron chi connectivity index (χ4n) is 2.48. The third-order valence-electron chi connectivity index (χ3n) is 3.69. The smallest absolute Gasteiger partial charge is 0.198 e. The van der Waals surface area contributed by atoms with Gasteiger partial charge in [0.1, 0.15) is 17.5 Å². The highest BCUT2D eigenvalue weighted by Crippen LogP contribution is 2.39. The molecule has 0 fully saturated rings. The Morgan fingerprint density at radius 1 is 0.333 bits per heavy atom. The summed E-state index contributed by atoms with van der Waals surface area (Å²) in [5.74, 6) is -19.6. The van der Waals surface area contributed by atoms with Gasteiger partial charge in [-0.1, -0.05) is 0 Å².